The Morgan fingerprint density at radius 3 is 2.38 bits per heavy atom. The van der Waals surface area contributed by atoms with Gasteiger partial charge in [-0.1, -0.05) is 11.6 Å². The van der Waals surface area contributed by atoms with E-state index < -0.39 is 35.9 Å². The Morgan fingerprint density at radius 2 is 1.66 bits per heavy atom. The predicted octanol–water partition coefficient (Wildman–Crippen LogP) is 3.02. The van der Waals surface area contributed by atoms with Gasteiger partial charge in [0, 0.05) is 88.0 Å². The third-order valence-corrected chi connectivity index (χ3v) is 12.0. The Balaban J connectivity index is 0.768. The van der Waals surface area contributed by atoms with Gasteiger partial charge in [0.15, 0.2) is 0 Å². The number of piperazine rings is 1. The Morgan fingerprint density at radius 1 is 0.911 bits per heavy atom. The number of amides is 4. The minimum atomic E-state index is -0.979. The van der Waals surface area contributed by atoms with Crippen LogP contribution in [0.5, 0.6) is 5.75 Å². The van der Waals surface area contributed by atoms with Crippen LogP contribution in [-0.4, -0.2) is 113 Å². The van der Waals surface area contributed by atoms with E-state index in [0.29, 0.717) is 39.3 Å². The van der Waals surface area contributed by atoms with E-state index in [2.05, 4.69) is 41.4 Å². The largest absolute Gasteiger partial charge is 0.490 e. The lowest BCUT2D eigenvalue weighted by Crippen LogP contribution is -2.54. The molecule has 1 saturated carbocycles. The number of fused-ring (bicyclic) bond motifs is 1. The summed E-state index contributed by atoms with van der Waals surface area (Å²) in [6.07, 6.45) is 7.18. The number of halogens is 1. The second kappa shape index (κ2) is 16.1. The third-order valence-electron chi connectivity index (χ3n) is 11.7. The zero-order chi connectivity index (χ0) is 38.9. The van der Waals surface area contributed by atoms with Crippen molar-refractivity contribution >= 4 is 46.9 Å². The van der Waals surface area contributed by atoms with Crippen molar-refractivity contribution in [2.45, 2.75) is 69.4 Å². The number of benzene rings is 2. The molecule has 5 aliphatic rings. The minimum absolute atomic E-state index is 0.0474. The van der Waals surface area contributed by atoms with Gasteiger partial charge in [0.1, 0.15) is 24.1 Å². The summed E-state index contributed by atoms with van der Waals surface area (Å²) in [6.45, 7) is 5.95. The first-order valence-corrected chi connectivity index (χ1v) is 19.7. The maximum Gasteiger partial charge on any atom is 0.262 e. The number of carbonyl (C=O) groups is 4. The molecule has 1 aromatic heterocycles. The van der Waals surface area contributed by atoms with Crippen LogP contribution in [0, 0.1) is 17.2 Å². The van der Waals surface area contributed by atoms with Crippen molar-refractivity contribution in [2.24, 2.45) is 5.92 Å². The van der Waals surface area contributed by atoms with Crippen molar-refractivity contribution in [3.63, 3.8) is 0 Å². The molecule has 0 spiro atoms. The van der Waals surface area contributed by atoms with E-state index in [-0.39, 0.29) is 30.6 Å². The van der Waals surface area contributed by atoms with Crippen molar-refractivity contribution in [1.82, 2.24) is 30.4 Å². The molecular formula is C40H44ClN9O6. The summed E-state index contributed by atoms with van der Waals surface area (Å²) < 4.78 is 6.10. The number of aromatic nitrogens is 2. The van der Waals surface area contributed by atoms with E-state index >= 15 is 0 Å². The lowest BCUT2D eigenvalue weighted by atomic mass is 9.92. The van der Waals surface area contributed by atoms with Crippen molar-refractivity contribution in [3.05, 3.63) is 76.1 Å². The predicted molar refractivity (Wildman–Crippen MR) is 205 cm³/mol. The fourth-order valence-electron chi connectivity index (χ4n) is 8.53. The van der Waals surface area contributed by atoms with Crippen molar-refractivity contribution in [3.8, 4) is 11.8 Å². The molecule has 0 radical (unpaired) electrons. The smallest absolute Gasteiger partial charge is 0.262 e. The van der Waals surface area contributed by atoms with Gasteiger partial charge in [0.2, 0.25) is 17.8 Å². The number of anilines is 2. The topological polar surface area (TPSA) is 184 Å². The number of carbonyl (C=O) groups excluding carboxylic acids is 4. The molecular weight excluding hydrogens is 738 g/mol. The molecule has 4 fully saturated rings. The van der Waals surface area contributed by atoms with Crippen LogP contribution in [-0.2, 0) is 9.59 Å². The van der Waals surface area contributed by atoms with E-state index in [4.69, 9.17) is 21.6 Å². The molecule has 3 N–H and O–H groups in total. The number of imide groups is 2. The number of aliphatic hydroxyl groups is 1. The number of rotatable bonds is 10. The standard InChI is InChI=1S/C40H44ClN9O6/c41-33-18-30(5-1-25(33)19-42)56-29-6-2-27(3-7-29)45-36(52)26-20-43-40(44-21-26)49-12-11-24(23-49)22-47-13-15-48(16-14-47)28-4-8-31-32(17-28)39(55)50(38(31)54)34-9-10-35(51)46-37(34)53/h1,4-5,8,17-18,20-21,24,27,29,34,36,45,52H,2-3,6-7,9-16,22-23H2,(H,46,51,53)/t24-,27?,29?,34?,36?/m0/s1. The lowest BCUT2D eigenvalue weighted by molar-refractivity contribution is -0.136. The Labute approximate surface area is 329 Å². The molecule has 3 atom stereocenters. The molecule has 292 valence electrons. The molecule has 16 heteroatoms. The van der Waals surface area contributed by atoms with Crippen LogP contribution in [0.1, 0.15) is 83.0 Å². The van der Waals surface area contributed by atoms with Crippen molar-refractivity contribution in [1.29, 1.82) is 5.26 Å². The highest BCUT2D eigenvalue weighted by molar-refractivity contribution is 6.31. The normalized spacial score (nSPS) is 24.9. The number of piperidine rings is 1. The molecule has 4 aliphatic heterocycles. The summed E-state index contributed by atoms with van der Waals surface area (Å²) in [4.78, 5) is 67.6. The number of ether oxygens (including phenoxy) is 1. The number of nitriles is 1. The zero-order valence-corrected chi connectivity index (χ0v) is 31.7. The summed E-state index contributed by atoms with van der Waals surface area (Å²) in [5, 5.41) is 26.0. The molecule has 3 aromatic rings. The maximum atomic E-state index is 13.3. The first-order valence-electron chi connectivity index (χ1n) is 19.3. The van der Waals surface area contributed by atoms with Crippen LogP contribution in [0.4, 0.5) is 11.6 Å². The lowest BCUT2D eigenvalue weighted by Gasteiger charge is -2.37. The Bertz CT molecular complexity index is 2040. The summed E-state index contributed by atoms with van der Waals surface area (Å²) in [5.74, 6) is -0.219. The average Bonchev–Trinajstić information content (AvgIpc) is 3.77. The fraction of sp³-hybridized carbons (Fsp3) is 0.475. The molecule has 0 bridgehead atoms. The highest BCUT2D eigenvalue weighted by Crippen LogP contribution is 2.32. The zero-order valence-electron chi connectivity index (χ0n) is 30.9. The van der Waals surface area contributed by atoms with Crippen LogP contribution in [0.2, 0.25) is 5.02 Å². The second-order valence-electron chi connectivity index (χ2n) is 15.3. The highest BCUT2D eigenvalue weighted by atomic mass is 35.5. The quantitative estimate of drug-likeness (QED) is 0.202. The van der Waals surface area contributed by atoms with Crippen LogP contribution in [0.3, 0.4) is 0 Å². The van der Waals surface area contributed by atoms with Gasteiger partial charge < -0.3 is 19.6 Å². The van der Waals surface area contributed by atoms with Gasteiger partial charge in [-0.2, -0.15) is 5.26 Å². The number of nitrogens with one attached hydrogen (secondary N) is 2. The average molecular weight is 782 g/mol. The van der Waals surface area contributed by atoms with E-state index in [1.165, 1.54) is 0 Å². The summed E-state index contributed by atoms with van der Waals surface area (Å²) in [5.41, 5.74) is 2.50. The molecule has 5 heterocycles. The molecule has 2 unspecified atom stereocenters. The van der Waals surface area contributed by atoms with Gasteiger partial charge in [0.25, 0.3) is 11.8 Å². The van der Waals surface area contributed by atoms with Gasteiger partial charge in [-0.05, 0) is 74.8 Å². The first-order chi connectivity index (χ1) is 27.1. The van der Waals surface area contributed by atoms with Crippen LogP contribution in [0.15, 0.2) is 48.8 Å². The monoisotopic (exact) mass is 781 g/mol. The van der Waals surface area contributed by atoms with Gasteiger partial charge in [-0.3, -0.25) is 39.6 Å². The van der Waals surface area contributed by atoms with E-state index in [9.17, 15) is 24.3 Å². The van der Waals surface area contributed by atoms with Gasteiger partial charge in [0.05, 0.1) is 27.8 Å². The van der Waals surface area contributed by atoms with Crippen molar-refractivity contribution < 1.29 is 29.0 Å². The van der Waals surface area contributed by atoms with Gasteiger partial charge in [-0.15, -0.1) is 0 Å². The minimum Gasteiger partial charge on any atom is -0.490 e. The number of nitrogens with zero attached hydrogens (tertiary/aromatic N) is 7. The van der Waals surface area contributed by atoms with Crippen LogP contribution < -0.4 is 25.2 Å². The van der Waals surface area contributed by atoms with Crippen LogP contribution >= 0.6 is 11.6 Å². The summed E-state index contributed by atoms with van der Waals surface area (Å²) in [6, 6.07) is 11.6. The number of hydrogen-bond donors (Lipinski definition) is 3. The van der Waals surface area contributed by atoms with E-state index in [1.807, 2.05) is 6.07 Å². The fourth-order valence-corrected chi connectivity index (χ4v) is 8.74. The highest BCUT2D eigenvalue weighted by Gasteiger charge is 2.45. The Kier molecular flexibility index (Phi) is 10.9. The molecule has 4 amide bonds. The summed E-state index contributed by atoms with van der Waals surface area (Å²) >= 11 is 6.15. The summed E-state index contributed by atoms with van der Waals surface area (Å²) in [7, 11) is 0. The van der Waals surface area contributed by atoms with E-state index in [0.717, 1.165) is 88.5 Å². The van der Waals surface area contributed by atoms with E-state index in [1.54, 1.807) is 42.7 Å². The van der Waals surface area contributed by atoms with Crippen LogP contribution in [0.25, 0.3) is 0 Å². The van der Waals surface area contributed by atoms with Crippen molar-refractivity contribution in [2.75, 3.05) is 55.6 Å². The first kappa shape index (κ1) is 37.8. The van der Waals surface area contributed by atoms with Gasteiger partial charge >= 0.3 is 0 Å². The molecule has 15 nitrogen and oxygen atoms in total. The third kappa shape index (κ3) is 7.92. The number of aliphatic hydroxyl groups excluding tert-OH is 1. The second-order valence-corrected chi connectivity index (χ2v) is 15.7. The molecule has 1 aliphatic carbocycles. The molecule has 56 heavy (non-hydrogen) atoms. The number of hydrogen-bond acceptors (Lipinski definition) is 13. The Hall–Kier alpha value is -5.14. The molecule has 8 rings (SSSR count). The SMILES string of the molecule is N#Cc1ccc(OC2CCC(NC(O)c3cnc(N4CC[C@@H](CN5CCN(c6ccc7c(c6)C(=O)N(C6CCC(=O)NC6=O)C7=O)CC5)C4)nc3)CC2)cc1Cl. The molecule has 2 aromatic carbocycles. The van der Waals surface area contributed by atoms with Gasteiger partial charge in [-0.25, -0.2) is 9.97 Å². The maximum absolute atomic E-state index is 13.3. The molecule has 3 saturated heterocycles.